The lowest BCUT2D eigenvalue weighted by atomic mass is 10.2. The number of carbonyl (C=O) groups excluding carboxylic acids is 1. The van der Waals surface area contributed by atoms with E-state index < -0.39 is 4.92 Å². The standard InChI is InChI=1S/C21H15ClN6O4S/c22-12-2-1-3-15(8-12)27-19-17(10-23-27)20(30)26-16(11-33-21(26)25-19)9-18(29)24-13-4-6-14(7-5-13)28(31)32/h1-8,10,16H,9,11H2,(H,24,29). The summed E-state index contributed by atoms with van der Waals surface area (Å²) in [5.41, 5.74) is 1.24. The van der Waals surface area contributed by atoms with Gasteiger partial charge in [-0.25, -0.2) is 9.67 Å². The smallest absolute Gasteiger partial charge is 0.269 e. The van der Waals surface area contributed by atoms with Crippen LogP contribution in [-0.2, 0) is 4.79 Å². The topological polar surface area (TPSA) is 125 Å². The van der Waals surface area contributed by atoms with Crippen LogP contribution in [0.25, 0.3) is 16.7 Å². The zero-order chi connectivity index (χ0) is 23.1. The summed E-state index contributed by atoms with van der Waals surface area (Å²) in [6.45, 7) is 0. The van der Waals surface area contributed by atoms with E-state index in [4.69, 9.17) is 11.6 Å². The molecule has 166 valence electrons. The first-order valence-corrected chi connectivity index (χ1v) is 11.2. The van der Waals surface area contributed by atoms with Crippen LogP contribution in [0.1, 0.15) is 12.5 Å². The Morgan fingerprint density at radius 3 is 2.79 bits per heavy atom. The summed E-state index contributed by atoms with van der Waals surface area (Å²) >= 11 is 7.48. The summed E-state index contributed by atoms with van der Waals surface area (Å²) < 4.78 is 3.10. The molecule has 2 aromatic carbocycles. The highest BCUT2D eigenvalue weighted by molar-refractivity contribution is 7.99. The molecule has 1 unspecified atom stereocenters. The Morgan fingerprint density at radius 1 is 1.27 bits per heavy atom. The predicted molar refractivity (Wildman–Crippen MR) is 124 cm³/mol. The number of aromatic nitrogens is 4. The first kappa shape index (κ1) is 21.2. The molecule has 0 spiro atoms. The number of hydrogen-bond donors (Lipinski definition) is 1. The summed E-state index contributed by atoms with van der Waals surface area (Å²) in [7, 11) is 0. The van der Waals surface area contributed by atoms with Gasteiger partial charge in [0.25, 0.3) is 11.2 Å². The van der Waals surface area contributed by atoms with E-state index in [1.807, 2.05) is 6.07 Å². The minimum atomic E-state index is -0.507. The minimum absolute atomic E-state index is 0.0610. The first-order valence-electron chi connectivity index (χ1n) is 9.84. The maximum Gasteiger partial charge on any atom is 0.269 e. The predicted octanol–water partition coefficient (Wildman–Crippen LogP) is 3.82. The number of fused-ring (bicyclic) bond motifs is 2. The van der Waals surface area contributed by atoms with Crippen molar-refractivity contribution in [3.8, 4) is 5.69 Å². The van der Waals surface area contributed by atoms with Crippen molar-refractivity contribution >= 4 is 51.7 Å². The number of rotatable bonds is 5. The quantitative estimate of drug-likeness (QED) is 0.260. The molecule has 1 aliphatic rings. The van der Waals surface area contributed by atoms with Gasteiger partial charge in [-0.3, -0.25) is 24.3 Å². The van der Waals surface area contributed by atoms with Crippen LogP contribution in [0.5, 0.6) is 0 Å². The Morgan fingerprint density at radius 2 is 2.06 bits per heavy atom. The van der Waals surface area contributed by atoms with Crippen molar-refractivity contribution in [2.45, 2.75) is 17.6 Å². The summed E-state index contributed by atoms with van der Waals surface area (Å²) in [6, 6.07) is 12.3. The molecular weight excluding hydrogens is 468 g/mol. The first-order chi connectivity index (χ1) is 15.9. The van der Waals surface area contributed by atoms with Crippen molar-refractivity contribution in [3.63, 3.8) is 0 Å². The fourth-order valence-electron chi connectivity index (χ4n) is 3.67. The lowest BCUT2D eigenvalue weighted by molar-refractivity contribution is -0.384. The highest BCUT2D eigenvalue weighted by Crippen LogP contribution is 2.33. The lowest BCUT2D eigenvalue weighted by Gasteiger charge is -2.13. The van der Waals surface area contributed by atoms with Gasteiger partial charge in [0.1, 0.15) is 5.39 Å². The van der Waals surface area contributed by atoms with E-state index in [1.165, 1.54) is 46.8 Å². The molecule has 10 nitrogen and oxygen atoms in total. The molecule has 0 saturated carbocycles. The molecule has 2 aromatic heterocycles. The third kappa shape index (κ3) is 3.96. The maximum atomic E-state index is 13.2. The monoisotopic (exact) mass is 482 g/mol. The normalized spacial score (nSPS) is 14.9. The van der Waals surface area contributed by atoms with Crippen LogP contribution in [0.15, 0.2) is 64.7 Å². The Balaban J connectivity index is 1.40. The molecular formula is C21H15ClN6O4S. The number of hydrogen-bond acceptors (Lipinski definition) is 7. The number of carbonyl (C=O) groups is 1. The fraction of sp³-hybridized carbons (Fsp3) is 0.143. The van der Waals surface area contributed by atoms with Gasteiger partial charge >= 0.3 is 0 Å². The van der Waals surface area contributed by atoms with E-state index in [2.05, 4.69) is 15.4 Å². The van der Waals surface area contributed by atoms with E-state index in [1.54, 1.807) is 22.9 Å². The average Bonchev–Trinajstić information content (AvgIpc) is 3.39. The number of anilines is 1. The van der Waals surface area contributed by atoms with Gasteiger partial charge in [0.15, 0.2) is 10.8 Å². The number of nitro benzene ring substituents is 1. The molecule has 0 saturated heterocycles. The molecule has 1 atom stereocenters. The van der Waals surface area contributed by atoms with Gasteiger partial charge in [-0.1, -0.05) is 29.4 Å². The zero-order valence-electron chi connectivity index (χ0n) is 16.8. The van der Waals surface area contributed by atoms with Gasteiger partial charge in [-0.15, -0.1) is 0 Å². The molecule has 1 N–H and O–H groups in total. The number of nitrogens with zero attached hydrogens (tertiary/aromatic N) is 5. The van der Waals surface area contributed by atoms with Gasteiger partial charge in [0.2, 0.25) is 5.91 Å². The van der Waals surface area contributed by atoms with Crippen LogP contribution in [0.3, 0.4) is 0 Å². The Hall–Kier alpha value is -3.70. The molecule has 12 heteroatoms. The third-order valence-corrected chi connectivity index (χ3v) is 6.54. The second-order valence-corrected chi connectivity index (χ2v) is 8.79. The largest absolute Gasteiger partial charge is 0.326 e. The van der Waals surface area contributed by atoms with Crippen LogP contribution >= 0.6 is 23.4 Å². The van der Waals surface area contributed by atoms with Crippen molar-refractivity contribution < 1.29 is 9.72 Å². The summed E-state index contributed by atoms with van der Waals surface area (Å²) in [5.74, 6) is 0.219. The van der Waals surface area contributed by atoms with E-state index in [0.717, 1.165) is 0 Å². The molecule has 3 heterocycles. The van der Waals surface area contributed by atoms with Crippen molar-refractivity contribution in [1.82, 2.24) is 19.3 Å². The van der Waals surface area contributed by atoms with Crippen LogP contribution in [0.4, 0.5) is 11.4 Å². The summed E-state index contributed by atoms with van der Waals surface area (Å²) in [6.07, 6.45) is 1.53. The van der Waals surface area contributed by atoms with Crippen molar-refractivity contribution in [2.24, 2.45) is 0 Å². The Bertz CT molecular complexity index is 1470. The van der Waals surface area contributed by atoms with Crippen LogP contribution in [0, 0.1) is 10.1 Å². The summed E-state index contributed by atoms with van der Waals surface area (Å²) in [5, 5.41) is 19.2. The van der Waals surface area contributed by atoms with Gasteiger partial charge in [-0.05, 0) is 30.3 Å². The van der Waals surface area contributed by atoms with E-state index in [-0.39, 0.29) is 29.6 Å². The van der Waals surface area contributed by atoms with E-state index >= 15 is 0 Å². The number of amides is 1. The second kappa shape index (κ2) is 8.34. The van der Waals surface area contributed by atoms with Gasteiger partial charge in [-0.2, -0.15) is 5.10 Å². The molecule has 4 aromatic rings. The number of thioether (sulfide) groups is 1. The van der Waals surface area contributed by atoms with Gasteiger partial charge in [0, 0.05) is 35.0 Å². The Kier molecular flexibility index (Phi) is 5.35. The minimum Gasteiger partial charge on any atom is -0.326 e. The average molecular weight is 483 g/mol. The molecule has 5 rings (SSSR count). The van der Waals surface area contributed by atoms with E-state index in [0.29, 0.717) is 38.3 Å². The number of benzene rings is 2. The van der Waals surface area contributed by atoms with Crippen molar-refractivity contribution in [2.75, 3.05) is 11.1 Å². The number of non-ortho nitro benzene ring substituents is 1. The molecule has 0 radical (unpaired) electrons. The molecule has 1 aliphatic heterocycles. The molecule has 1 amide bonds. The number of nitro groups is 1. The second-order valence-electron chi connectivity index (χ2n) is 7.36. The molecule has 0 bridgehead atoms. The van der Waals surface area contributed by atoms with Crippen molar-refractivity contribution in [3.05, 3.63) is 80.2 Å². The maximum absolute atomic E-state index is 13.2. The summed E-state index contributed by atoms with van der Waals surface area (Å²) in [4.78, 5) is 40.7. The molecule has 33 heavy (non-hydrogen) atoms. The SMILES string of the molecule is O=C(CC1CSc2nc3c(cnn3-c3cccc(Cl)c3)c(=O)n21)Nc1ccc([N+](=O)[O-])cc1. The fourth-order valence-corrected chi connectivity index (χ4v) is 4.99. The van der Waals surface area contributed by atoms with Gasteiger partial charge in [0.05, 0.1) is 22.8 Å². The van der Waals surface area contributed by atoms with Crippen molar-refractivity contribution in [1.29, 1.82) is 0 Å². The van der Waals surface area contributed by atoms with Crippen LogP contribution < -0.4 is 10.9 Å². The molecule has 0 fully saturated rings. The van der Waals surface area contributed by atoms with Crippen LogP contribution in [0.2, 0.25) is 5.02 Å². The lowest BCUT2D eigenvalue weighted by Crippen LogP contribution is -2.27. The van der Waals surface area contributed by atoms with E-state index in [9.17, 15) is 19.7 Å². The number of nitrogens with one attached hydrogen (secondary N) is 1. The highest BCUT2D eigenvalue weighted by atomic mass is 35.5. The zero-order valence-corrected chi connectivity index (χ0v) is 18.4. The van der Waals surface area contributed by atoms with Gasteiger partial charge < -0.3 is 5.32 Å². The highest BCUT2D eigenvalue weighted by Gasteiger charge is 2.29. The number of halogens is 1. The third-order valence-electron chi connectivity index (χ3n) is 5.21. The van der Waals surface area contributed by atoms with Crippen LogP contribution in [-0.4, -0.2) is 35.9 Å². The Labute approximate surface area is 195 Å². The molecule has 0 aliphatic carbocycles.